The number of aromatic nitrogens is 1. The molecule has 0 bridgehead atoms. The minimum atomic E-state index is -0.405. The van der Waals surface area contributed by atoms with Gasteiger partial charge in [0, 0.05) is 28.9 Å². The van der Waals surface area contributed by atoms with E-state index in [2.05, 4.69) is 10.3 Å². The summed E-state index contributed by atoms with van der Waals surface area (Å²) < 4.78 is 0. The van der Waals surface area contributed by atoms with E-state index in [1.807, 2.05) is 0 Å². The molecule has 1 aromatic carbocycles. The summed E-state index contributed by atoms with van der Waals surface area (Å²) in [6.07, 6.45) is 1.77. The molecule has 82 valence electrons. The van der Waals surface area contributed by atoms with Crippen molar-refractivity contribution in [3.05, 3.63) is 51.0 Å². The van der Waals surface area contributed by atoms with Gasteiger partial charge in [-0.25, -0.2) is 0 Å². The second-order valence-electron chi connectivity index (χ2n) is 3.13. The number of benzene rings is 1. The van der Waals surface area contributed by atoms with Gasteiger partial charge >= 0.3 is 0 Å². The van der Waals surface area contributed by atoms with Gasteiger partial charge in [0.15, 0.2) is 0 Å². The minimum Gasteiger partial charge on any atom is -0.380 e. The van der Waals surface area contributed by atoms with Crippen LogP contribution in [0.4, 0.5) is 11.4 Å². The number of non-ortho nitro benzene ring substituents is 1. The van der Waals surface area contributed by atoms with Crippen molar-refractivity contribution in [2.24, 2.45) is 0 Å². The molecule has 2 rings (SSSR count). The molecule has 16 heavy (non-hydrogen) atoms. The molecule has 1 heterocycles. The van der Waals surface area contributed by atoms with Gasteiger partial charge in [-0.05, 0) is 6.07 Å². The number of hydrogen-bond donors (Lipinski definition) is 1. The average molecular weight is 235 g/mol. The van der Waals surface area contributed by atoms with Crippen LogP contribution in [0.25, 0.3) is 0 Å². The molecule has 1 aromatic heterocycles. The fraction of sp³-hybridized carbons (Fsp3) is 0.100. The molecule has 0 unspecified atom stereocenters. The van der Waals surface area contributed by atoms with Gasteiger partial charge < -0.3 is 5.32 Å². The molecule has 1 N–H and O–H groups in total. The molecular formula is C10H9N3O2S. The van der Waals surface area contributed by atoms with Crippen LogP contribution in [0.15, 0.2) is 36.0 Å². The van der Waals surface area contributed by atoms with Gasteiger partial charge in [0.2, 0.25) is 0 Å². The Kier molecular flexibility index (Phi) is 3.11. The van der Waals surface area contributed by atoms with Crippen LogP contribution in [0.1, 0.15) is 4.88 Å². The lowest BCUT2D eigenvalue weighted by Gasteiger charge is -2.03. The third kappa shape index (κ3) is 2.54. The van der Waals surface area contributed by atoms with Crippen LogP contribution >= 0.6 is 11.3 Å². The van der Waals surface area contributed by atoms with Crippen molar-refractivity contribution in [2.75, 3.05) is 5.32 Å². The first-order chi connectivity index (χ1) is 7.75. The summed E-state index contributed by atoms with van der Waals surface area (Å²) in [4.78, 5) is 15.2. The molecule has 0 spiro atoms. The maximum absolute atomic E-state index is 10.6. The topological polar surface area (TPSA) is 68.1 Å². The summed E-state index contributed by atoms with van der Waals surface area (Å²) in [5.41, 5.74) is 2.58. The molecule has 0 saturated heterocycles. The molecule has 0 aliphatic heterocycles. The molecule has 5 nitrogen and oxygen atoms in total. The van der Waals surface area contributed by atoms with Gasteiger partial charge in [-0.2, -0.15) is 0 Å². The molecule has 6 heteroatoms. The van der Waals surface area contributed by atoms with E-state index in [0.717, 1.165) is 10.6 Å². The van der Waals surface area contributed by atoms with Crippen LogP contribution in [-0.4, -0.2) is 9.91 Å². The maximum atomic E-state index is 10.6. The van der Waals surface area contributed by atoms with Gasteiger partial charge in [0.25, 0.3) is 5.69 Å². The zero-order valence-corrected chi connectivity index (χ0v) is 9.11. The normalized spacial score (nSPS) is 10.0. The Morgan fingerprint density at radius 1 is 1.50 bits per heavy atom. The fourth-order valence-corrected chi connectivity index (χ4v) is 1.78. The number of nitrogens with zero attached hydrogens (tertiary/aromatic N) is 2. The first-order valence-corrected chi connectivity index (χ1v) is 5.49. The quantitative estimate of drug-likeness (QED) is 0.653. The van der Waals surface area contributed by atoms with Crippen molar-refractivity contribution in [3.63, 3.8) is 0 Å². The average Bonchev–Trinajstić information content (AvgIpc) is 2.79. The van der Waals surface area contributed by atoms with E-state index >= 15 is 0 Å². The van der Waals surface area contributed by atoms with Crippen LogP contribution in [0.2, 0.25) is 0 Å². The van der Waals surface area contributed by atoms with Crippen molar-refractivity contribution in [1.29, 1.82) is 0 Å². The first-order valence-electron chi connectivity index (χ1n) is 4.61. The number of nitrogens with one attached hydrogen (secondary N) is 1. The number of hydrogen-bond acceptors (Lipinski definition) is 5. The van der Waals surface area contributed by atoms with Gasteiger partial charge in [-0.3, -0.25) is 15.1 Å². The second kappa shape index (κ2) is 4.71. The maximum Gasteiger partial charge on any atom is 0.271 e. The Bertz CT molecular complexity index is 485. The van der Waals surface area contributed by atoms with E-state index in [-0.39, 0.29) is 5.69 Å². The van der Waals surface area contributed by atoms with E-state index in [0.29, 0.717) is 6.54 Å². The highest BCUT2D eigenvalue weighted by Gasteiger charge is 2.05. The predicted octanol–water partition coefficient (Wildman–Crippen LogP) is 2.66. The van der Waals surface area contributed by atoms with Gasteiger partial charge in [-0.15, -0.1) is 11.3 Å². The van der Waals surface area contributed by atoms with Crippen molar-refractivity contribution in [2.45, 2.75) is 6.54 Å². The van der Waals surface area contributed by atoms with E-state index in [1.54, 1.807) is 35.2 Å². The lowest BCUT2D eigenvalue weighted by Crippen LogP contribution is -1.98. The number of nitro benzene ring substituents is 1. The van der Waals surface area contributed by atoms with Gasteiger partial charge in [0.05, 0.1) is 17.0 Å². The largest absolute Gasteiger partial charge is 0.380 e. The van der Waals surface area contributed by atoms with Gasteiger partial charge in [0.1, 0.15) is 0 Å². The van der Waals surface area contributed by atoms with Crippen molar-refractivity contribution in [3.8, 4) is 0 Å². The van der Waals surface area contributed by atoms with Crippen LogP contribution < -0.4 is 5.32 Å². The van der Waals surface area contributed by atoms with E-state index in [9.17, 15) is 10.1 Å². The highest BCUT2D eigenvalue weighted by Crippen LogP contribution is 2.18. The molecule has 0 atom stereocenters. The monoisotopic (exact) mass is 235 g/mol. The molecule has 0 aliphatic rings. The summed E-state index contributed by atoms with van der Waals surface area (Å²) in [5.74, 6) is 0. The van der Waals surface area contributed by atoms with Crippen LogP contribution in [0, 0.1) is 10.1 Å². The third-order valence-corrected chi connectivity index (χ3v) is 2.79. The van der Waals surface area contributed by atoms with Crippen LogP contribution in [-0.2, 0) is 6.54 Å². The number of thiazole rings is 1. The summed E-state index contributed by atoms with van der Waals surface area (Å²) >= 11 is 1.55. The Balaban J connectivity index is 2.04. The second-order valence-corrected chi connectivity index (χ2v) is 4.10. The summed E-state index contributed by atoms with van der Waals surface area (Å²) in [6, 6.07) is 6.44. The number of rotatable bonds is 4. The smallest absolute Gasteiger partial charge is 0.271 e. The highest BCUT2D eigenvalue weighted by molar-refractivity contribution is 7.09. The highest BCUT2D eigenvalue weighted by atomic mass is 32.1. The zero-order chi connectivity index (χ0) is 11.4. The SMILES string of the molecule is O=[N+]([O-])c1cccc(NCc2cncs2)c1. The third-order valence-electron chi connectivity index (χ3n) is 2.01. The lowest BCUT2D eigenvalue weighted by molar-refractivity contribution is -0.384. The minimum absolute atomic E-state index is 0.0919. The van der Waals surface area contributed by atoms with E-state index in [4.69, 9.17) is 0 Å². The summed E-state index contributed by atoms with van der Waals surface area (Å²) in [6.45, 7) is 0.631. The molecule has 0 aliphatic carbocycles. The Morgan fingerprint density at radius 3 is 3.06 bits per heavy atom. The summed E-state index contributed by atoms with van der Waals surface area (Å²) in [7, 11) is 0. The summed E-state index contributed by atoms with van der Waals surface area (Å²) in [5, 5.41) is 13.7. The zero-order valence-electron chi connectivity index (χ0n) is 8.29. The van der Waals surface area contributed by atoms with E-state index < -0.39 is 4.92 Å². The lowest BCUT2D eigenvalue weighted by atomic mass is 10.3. The molecule has 0 amide bonds. The number of anilines is 1. The van der Waals surface area contributed by atoms with Crippen molar-refractivity contribution >= 4 is 22.7 Å². The number of nitro groups is 1. The molecule has 2 aromatic rings. The fourth-order valence-electron chi connectivity index (χ4n) is 1.25. The Labute approximate surface area is 95.9 Å². The molecule has 0 radical (unpaired) electrons. The standard InChI is InChI=1S/C10H9N3O2S/c14-13(15)9-3-1-2-8(4-9)12-6-10-5-11-7-16-10/h1-5,7,12H,6H2. The Morgan fingerprint density at radius 2 is 2.38 bits per heavy atom. The van der Waals surface area contributed by atoms with E-state index in [1.165, 1.54) is 12.1 Å². The predicted molar refractivity (Wildman–Crippen MR) is 62.5 cm³/mol. The van der Waals surface area contributed by atoms with Crippen LogP contribution in [0.5, 0.6) is 0 Å². The first kappa shape index (κ1) is 10.6. The molecular weight excluding hydrogens is 226 g/mol. The molecule has 0 fully saturated rings. The Hall–Kier alpha value is -1.95. The van der Waals surface area contributed by atoms with Crippen molar-refractivity contribution < 1.29 is 4.92 Å². The van der Waals surface area contributed by atoms with Gasteiger partial charge in [-0.1, -0.05) is 6.07 Å². The van der Waals surface area contributed by atoms with Crippen molar-refractivity contribution in [1.82, 2.24) is 4.98 Å². The molecule has 0 saturated carbocycles. The van der Waals surface area contributed by atoms with Crippen LogP contribution in [0.3, 0.4) is 0 Å².